The molecule has 1 rings (SSSR count). The van der Waals surface area contributed by atoms with Crippen molar-refractivity contribution >= 4 is 11.6 Å². The number of nitrogens with zero attached hydrogens (tertiary/aromatic N) is 1. The summed E-state index contributed by atoms with van der Waals surface area (Å²) < 4.78 is 0. The van der Waals surface area contributed by atoms with E-state index in [1.807, 2.05) is 31.2 Å². The predicted octanol–water partition coefficient (Wildman–Crippen LogP) is 3.45. The van der Waals surface area contributed by atoms with Gasteiger partial charge in [0.1, 0.15) is 0 Å². The zero-order chi connectivity index (χ0) is 14.1. The molecule has 1 amide bonds. The van der Waals surface area contributed by atoms with E-state index in [0.29, 0.717) is 6.42 Å². The van der Waals surface area contributed by atoms with Gasteiger partial charge in [-0.05, 0) is 50.6 Å². The van der Waals surface area contributed by atoms with Gasteiger partial charge in [0.15, 0.2) is 0 Å². The Morgan fingerprint density at radius 1 is 1.16 bits per heavy atom. The van der Waals surface area contributed by atoms with Crippen LogP contribution in [-0.2, 0) is 4.79 Å². The maximum Gasteiger partial charge on any atom is 0.225 e. The molecule has 0 heterocycles. The van der Waals surface area contributed by atoms with Gasteiger partial charge in [-0.3, -0.25) is 4.79 Å². The van der Waals surface area contributed by atoms with E-state index < -0.39 is 0 Å². The van der Waals surface area contributed by atoms with Gasteiger partial charge in [-0.15, -0.1) is 0 Å². The molecule has 0 aliphatic carbocycles. The summed E-state index contributed by atoms with van der Waals surface area (Å²) in [5.41, 5.74) is 2.05. The van der Waals surface area contributed by atoms with Crippen molar-refractivity contribution in [1.82, 2.24) is 4.90 Å². The second kappa shape index (κ2) is 8.70. The molecule has 0 bridgehead atoms. The van der Waals surface area contributed by atoms with Crippen molar-refractivity contribution in [2.75, 3.05) is 25.0 Å². The largest absolute Gasteiger partial charge is 0.326 e. The van der Waals surface area contributed by atoms with Crippen LogP contribution < -0.4 is 5.32 Å². The average Bonchev–Trinajstić information content (AvgIpc) is 2.36. The highest BCUT2D eigenvalue weighted by molar-refractivity contribution is 5.90. The second-order valence-electron chi connectivity index (χ2n) is 5.01. The molecule has 3 nitrogen and oxygen atoms in total. The molecule has 0 saturated carbocycles. The van der Waals surface area contributed by atoms with Crippen molar-refractivity contribution in [2.24, 2.45) is 0 Å². The molecule has 0 aliphatic rings. The lowest BCUT2D eigenvalue weighted by Crippen LogP contribution is -2.29. The first-order valence-electron chi connectivity index (χ1n) is 7.24. The fourth-order valence-corrected chi connectivity index (χ4v) is 2.17. The number of nitrogens with one attached hydrogen (secondary N) is 1. The first kappa shape index (κ1) is 15.7. The van der Waals surface area contributed by atoms with Gasteiger partial charge in [0, 0.05) is 18.7 Å². The third kappa shape index (κ3) is 6.39. The molecule has 0 aromatic heterocycles. The smallest absolute Gasteiger partial charge is 0.225 e. The van der Waals surface area contributed by atoms with E-state index in [1.165, 1.54) is 0 Å². The summed E-state index contributed by atoms with van der Waals surface area (Å²) in [7, 11) is 0. The summed E-state index contributed by atoms with van der Waals surface area (Å²) in [6, 6.07) is 7.92. The van der Waals surface area contributed by atoms with E-state index in [9.17, 15) is 4.79 Å². The Morgan fingerprint density at radius 3 is 2.42 bits per heavy atom. The Kier molecular flexibility index (Phi) is 7.19. The van der Waals surface area contributed by atoms with Gasteiger partial charge in [0.25, 0.3) is 0 Å². The molecule has 0 atom stereocenters. The number of aryl methyl sites for hydroxylation is 1. The van der Waals surface area contributed by atoms with Crippen molar-refractivity contribution in [1.29, 1.82) is 0 Å². The van der Waals surface area contributed by atoms with E-state index in [4.69, 9.17) is 0 Å². The fraction of sp³-hybridized carbons (Fsp3) is 0.562. The van der Waals surface area contributed by atoms with Gasteiger partial charge in [-0.1, -0.05) is 26.0 Å². The Bertz CT molecular complexity index is 384. The van der Waals surface area contributed by atoms with Crippen LogP contribution in [0.3, 0.4) is 0 Å². The quantitative estimate of drug-likeness (QED) is 0.778. The summed E-state index contributed by atoms with van der Waals surface area (Å²) in [6.45, 7) is 9.38. The predicted molar refractivity (Wildman–Crippen MR) is 81.4 cm³/mol. The van der Waals surface area contributed by atoms with E-state index in [2.05, 4.69) is 24.1 Å². The molecule has 0 saturated heterocycles. The van der Waals surface area contributed by atoms with Gasteiger partial charge < -0.3 is 10.2 Å². The molecule has 1 aromatic carbocycles. The van der Waals surface area contributed by atoms with Gasteiger partial charge in [0.05, 0.1) is 0 Å². The minimum Gasteiger partial charge on any atom is -0.326 e. The van der Waals surface area contributed by atoms with Crippen LogP contribution in [0.15, 0.2) is 24.3 Å². The van der Waals surface area contributed by atoms with Gasteiger partial charge in [0.2, 0.25) is 5.91 Å². The lowest BCUT2D eigenvalue weighted by molar-refractivity contribution is -0.116. The van der Waals surface area contributed by atoms with E-state index >= 15 is 0 Å². The molecule has 0 aliphatic heterocycles. The summed E-state index contributed by atoms with van der Waals surface area (Å²) >= 11 is 0. The van der Waals surface area contributed by atoms with E-state index in [0.717, 1.165) is 43.7 Å². The Hall–Kier alpha value is -1.35. The average molecular weight is 262 g/mol. The van der Waals surface area contributed by atoms with Gasteiger partial charge >= 0.3 is 0 Å². The van der Waals surface area contributed by atoms with Gasteiger partial charge in [-0.25, -0.2) is 0 Å². The molecule has 19 heavy (non-hydrogen) atoms. The number of hydrogen-bond donors (Lipinski definition) is 1. The molecule has 0 radical (unpaired) electrons. The number of hydrogen-bond acceptors (Lipinski definition) is 2. The van der Waals surface area contributed by atoms with Crippen LogP contribution in [-0.4, -0.2) is 30.4 Å². The van der Waals surface area contributed by atoms with Crippen LogP contribution in [0.5, 0.6) is 0 Å². The maximum absolute atomic E-state index is 11.9. The van der Waals surface area contributed by atoms with Crippen molar-refractivity contribution in [3.05, 3.63) is 29.8 Å². The minimum atomic E-state index is 0.0998. The first-order valence-corrected chi connectivity index (χ1v) is 7.24. The molecule has 0 spiro atoms. The molecule has 1 N–H and O–H groups in total. The van der Waals surface area contributed by atoms with Crippen LogP contribution in [0, 0.1) is 6.92 Å². The zero-order valence-electron chi connectivity index (χ0n) is 12.4. The third-order valence-electron chi connectivity index (χ3n) is 3.04. The number of benzene rings is 1. The van der Waals surface area contributed by atoms with E-state index in [1.54, 1.807) is 0 Å². The number of amides is 1. The molecule has 0 unspecified atom stereocenters. The molecule has 1 aromatic rings. The lowest BCUT2D eigenvalue weighted by atomic mass is 10.2. The van der Waals surface area contributed by atoms with Crippen LogP contribution in [0.2, 0.25) is 0 Å². The number of carbonyl (C=O) groups is 1. The monoisotopic (exact) mass is 262 g/mol. The van der Waals surface area contributed by atoms with Crippen molar-refractivity contribution < 1.29 is 4.79 Å². The summed E-state index contributed by atoms with van der Waals surface area (Å²) in [4.78, 5) is 14.3. The summed E-state index contributed by atoms with van der Waals surface area (Å²) in [5.74, 6) is 0.0998. The number of anilines is 1. The molecular weight excluding hydrogens is 236 g/mol. The fourth-order valence-electron chi connectivity index (χ4n) is 2.17. The number of rotatable bonds is 8. The summed E-state index contributed by atoms with van der Waals surface area (Å²) in [6.07, 6.45) is 2.84. The number of carbonyl (C=O) groups excluding carboxylic acids is 1. The molecule has 0 fully saturated rings. The second-order valence-corrected chi connectivity index (χ2v) is 5.01. The van der Waals surface area contributed by atoms with Crippen LogP contribution in [0.25, 0.3) is 0 Å². The Balaban J connectivity index is 2.38. The minimum absolute atomic E-state index is 0.0998. The van der Waals surface area contributed by atoms with Crippen LogP contribution in [0.4, 0.5) is 5.69 Å². The first-order chi connectivity index (χ1) is 9.15. The zero-order valence-corrected chi connectivity index (χ0v) is 12.4. The van der Waals surface area contributed by atoms with Gasteiger partial charge in [-0.2, -0.15) is 0 Å². The molecular formula is C16H26N2O. The van der Waals surface area contributed by atoms with Crippen LogP contribution >= 0.6 is 0 Å². The maximum atomic E-state index is 11.9. The van der Waals surface area contributed by atoms with Crippen molar-refractivity contribution in [2.45, 2.75) is 40.0 Å². The highest BCUT2D eigenvalue weighted by Gasteiger charge is 2.07. The Labute approximate surface area is 117 Å². The highest BCUT2D eigenvalue weighted by Crippen LogP contribution is 2.10. The summed E-state index contributed by atoms with van der Waals surface area (Å²) in [5, 5.41) is 2.96. The SMILES string of the molecule is CCCN(CCC)CCC(=O)Nc1cccc(C)c1. The Morgan fingerprint density at radius 2 is 1.84 bits per heavy atom. The standard InChI is InChI=1S/C16H26N2O/c1-4-10-18(11-5-2)12-9-16(19)17-15-8-6-7-14(3)13-15/h6-8,13H,4-5,9-12H2,1-3H3,(H,17,19). The van der Waals surface area contributed by atoms with Crippen LogP contribution in [0.1, 0.15) is 38.7 Å². The van der Waals surface area contributed by atoms with Crippen molar-refractivity contribution in [3.8, 4) is 0 Å². The third-order valence-corrected chi connectivity index (χ3v) is 3.04. The molecule has 3 heteroatoms. The van der Waals surface area contributed by atoms with Crippen molar-refractivity contribution in [3.63, 3.8) is 0 Å². The molecule has 106 valence electrons. The van der Waals surface area contributed by atoms with E-state index in [-0.39, 0.29) is 5.91 Å². The normalized spacial score (nSPS) is 10.7. The lowest BCUT2D eigenvalue weighted by Gasteiger charge is -2.20. The topological polar surface area (TPSA) is 32.3 Å². The highest BCUT2D eigenvalue weighted by atomic mass is 16.1.